The van der Waals surface area contributed by atoms with E-state index in [1.54, 1.807) is 7.11 Å². The molecule has 0 aliphatic rings. The number of nitrogens with one attached hydrogen (secondary N) is 1. The Balaban J connectivity index is 1.82. The number of aromatic nitrogens is 2. The minimum absolute atomic E-state index is 0.0389. The van der Waals surface area contributed by atoms with Crippen LogP contribution in [0, 0.1) is 0 Å². The first-order valence-corrected chi connectivity index (χ1v) is 7.85. The molecule has 2 rings (SSSR count). The SMILES string of the molecule is CCOCC(=O)Nc1nnc(CCc2ccc(OC)cc2)s1. The van der Waals surface area contributed by atoms with Crippen LogP contribution in [0.15, 0.2) is 24.3 Å². The lowest BCUT2D eigenvalue weighted by molar-refractivity contribution is -0.120. The summed E-state index contributed by atoms with van der Waals surface area (Å²) in [5.74, 6) is 0.638. The van der Waals surface area contributed by atoms with Crippen molar-refractivity contribution in [3.63, 3.8) is 0 Å². The van der Waals surface area contributed by atoms with Gasteiger partial charge in [0.2, 0.25) is 5.13 Å². The second-order valence-electron chi connectivity index (χ2n) is 4.53. The fourth-order valence-corrected chi connectivity index (χ4v) is 2.55. The first kappa shape index (κ1) is 16.4. The highest BCUT2D eigenvalue weighted by molar-refractivity contribution is 7.15. The Morgan fingerprint density at radius 1 is 1.23 bits per heavy atom. The van der Waals surface area contributed by atoms with Crippen LogP contribution in [0.3, 0.4) is 0 Å². The van der Waals surface area contributed by atoms with E-state index in [-0.39, 0.29) is 12.5 Å². The van der Waals surface area contributed by atoms with Crippen molar-refractivity contribution in [2.24, 2.45) is 0 Å². The van der Waals surface area contributed by atoms with Crippen LogP contribution >= 0.6 is 11.3 Å². The molecular weight excluding hydrogens is 302 g/mol. The molecule has 0 fully saturated rings. The predicted octanol–water partition coefficient (Wildman–Crippen LogP) is 2.31. The van der Waals surface area contributed by atoms with Gasteiger partial charge in [0.15, 0.2) is 0 Å². The fourth-order valence-electron chi connectivity index (χ4n) is 1.80. The number of aryl methyl sites for hydroxylation is 2. The summed E-state index contributed by atoms with van der Waals surface area (Å²) in [5, 5.41) is 12.1. The van der Waals surface area contributed by atoms with Gasteiger partial charge in [-0.2, -0.15) is 0 Å². The topological polar surface area (TPSA) is 73.3 Å². The van der Waals surface area contributed by atoms with Gasteiger partial charge in [-0.1, -0.05) is 23.5 Å². The molecule has 0 saturated heterocycles. The molecule has 6 nitrogen and oxygen atoms in total. The maximum Gasteiger partial charge on any atom is 0.252 e. The minimum atomic E-state index is -0.209. The van der Waals surface area contributed by atoms with Gasteiger partial charge in [-0.3, -0.25) is 10.1 Å². The predicted molar refractivity (Wildman–Crippen MR) is 85.4 cm³/mol. The average Bonchev–Trinajstić information content (AvgIpc) is 2.99. The van der Waals surface area contributed by atoms with Crippen molar-refractivity contribution < 1.29 is 14.3 Å². The van der Waals surface area contributed by atoms with E-state index in [1.807, 2.05) is 31.2 Å². The summed E-state index contributed by atoms with van der Waals surface area (Å²) in [5.41, 5.74) is 1.21. The van der Waals surface area contributed by atoms with Crippen LogP contribution in [-0.4, -0.2) is 36.4 Å². The minimum Gasteiger partial charge on any atom is -0.497 e. The fraction of sp³-hybridized carbons (Fsp3) is 0.400. The lowest BCUT2D eigenvalue weighted by Gasteiger charge is -2.02. The van der Waals surface area contributed by atoms with Crippen molar-refractivity contribution in [1.29, 1.82) is 0 Å². The normalized spacial score (nSPS) is 10.5. The highest BCUT2D eigenvalue weighted by Crippen LogP contribution is 2.18. The highest BCUT2D eigenvalue weighted by atomic mass is 32.1. The summed E-state index contributed by atoms with van der Waals surface area (Å²) in [6.45, 7) is 2.39. The van der Waals surface area contributed by atoms with Gasteiger partial charge < -0.3 is 9.47 Å². The van der Waals surface area contributed by atoms with Crippen molar-refractivity contribution in [2.45, 2.75) is 19.8 Å². The van der Waals surface area contributed by atoms with Gasteiger partial charge in [0, 0.05) is 13.0 Å². The summed E-state index contributed by atoms with van der Waals surface area (Å²) >= 11 is 1.39. The number of carbonyl (C=O) groups is 1. The number of nitrogens with zero attached hydrogens (tertiary/aromatic N) is 2. The van der Waals surface area contributed by atoms with Crippen molar-refractivity contribution in [2.75, 3.05) is 25.6 Å². The van der Waals surface area contributed by atoms with Crippen LogP contribution in [0.5, 0.6) is 5.75 Å². The Hall–Kier alpha value is -1.99. The third-order valence-electron chi connectivity index (χ3n) is 2.94. The molecule has 0 radical (unpaired) electrons. The molecular formula is C15H19N3O3S. The lowest BCUT2D eigenvalue weighted by atomic mass is 10.1. The maximum absolute atomic E-state index is 11.5. The molecule has 1 aromatic heterocycles. The Morgan fingerprint density at radius 2 is 2.00 bits per heavy atom. The molecule has 0 spiro atoms. The Labute approximate surface area is 133 Å². The van der Waals surface area contributed by atoms with Gasteiger partial charge in [0.1, 0.15) is 17.4 Å². The number of hydrogen-bond donors (Lipinski definition) is 1. The van der Waals surface area contributed by atoms with E-state index in [1.165, 1.54) is 16.9 Å². The number of anilines is 1. The number of benzene rings is 1. The average molecular weight is 321 g/mol. The van der Waals surface area contributed by atoms with Crippen molar-refractivity contribution in [3.8, 4) is 5.75 Å². The molecule has 1 heterocycles. The zero-order chi connectivity index (χ0) is 15.8. The lowest BCUT2D eigenvalue weighted by Crippen LogP contribution is -2.17. The van der Waals surface area contributed by atoms with Crippen LogP contribution in [0.25, 0.3) is 0 Å². The third kappa shape index (κ3) is 5.09. The van der Waals surface area contributed by atoms with E-state index in [9.17, 15) is 4.79 Å². The Bertz CT molecular complexity index is 598. The van der Waals surface area contributed by atoms with Gasteiger partial charge in [-0.05, 0) is 31.0 Å². The molecule has 0 saturated carbocycles. The first-order chi connectivity index (χ1) is 10.7. The number of methoxy groups -OCH3 is 1. The second kappa shape index (κ2) is 8.45. The molecule has 2 aromatic rings. The summed E-state index contributed by atoms with van der Waals surface area (Å²) in [7, 11) is 1.65. The second-order valence-corrected chi connectivity index (χ2v) is 5.60. The zero-order valence-electron chi connectivity index (χ0n) is 12.7. The molecule has 22 heavy (non-hydrogen) atoms. The van der Waals surface area contributed by atoms with E-state index in [4.69, 9.17) is 9.47 Å². The third-order valence-corrected chi connectivity index (χ3v) is 3.84. The quantitative estimate of drug-likeness (QED) is 0.807. The van der Waals surface area contributed by atoms with Gasteiger partial charge in [-0.25, -0.2) is 0 Å². The molecule has 0 bridgehead atoms. The number of ether oxygens (including phenoxy) is 2. The van der Waals surface area contributed by atoms with Crippen molar-refractivity contribution >= 4 is 22.4 Å². The molecule has 7 heteroatoms. The molecule has 0 atom stereocenters. The maximum atomic E-state index is 11.5. The van der Waals surface area contributed by atoms with Crippen LogP contribution in [0.1, 0.15) is 17.5 Å². The van der Waals surface area contributed by atoms with Gasteiger partial charge >= 0.3 is 0 Å². The summed E-state index contributed by atoms with van der Waals surface area (Å²) in [6.07, 6.45) is 1.65. The summed E-state index contributed by atoms with van der Waals surface area (Å²) in [6, 6.07) is 7.94. The van der Waals surface area contributed by atoms with Gasteiger partial charge in [0.25, 0.3) is 5.91 Å². The van der Waals surface area contributed by atoms with Gasteiger partial charge in [-0.15, -0.1) is 10.2 Å². The monoisotopic (exact) mass is 321 g/mol. The molecule has 1 N–H and O–H groups in total. The molecule has 0 unspecified atom stereocenters. The smallest absolute Gasteiger partial charge is 0.252 e. The molecule has 0 aliphatic heterocycles. The highest BCUT2D eigenvalue weighted by Gasteiger charge is 2.08. The molecule has 1 amide bonds. The van der Waals surface area contributed by atoms with E-state index < -0.39 is 0 Å². The Kier molecular flexibility index (Phi) is 6.29. The molecule has 1 aromatic carbocycles. The Morgan fingerprint density at radius 3 is 2.68 bits per heavy atom. The van der Waals surface area contributed by atoms with Crippen LogP contribution < -0.4 is 10.1 Å². The van der Waals surface area contributed by atoms with E-state index in [0.717, 1.165) is 23.6 Å². The molecule has 0 aliphatic carbocycles. The van der Waals surface area contributed by atoms with Crippen LogP contribution in [0.4, 0.5) is 5.13 Å². The van der Waals surface area contributed by atoms with Gasteiger partial charge in [0.05, 0.1) is 7.11 Å². The standard InChI is InChI=1S/C15H19N3O3S/c1-3-21-10-13(19)16-15-18-17-14(22-15)9-6-11-4-7-12(20-2)8-5-11/h4-5,7-8H,3,6,9-10H2,1-2H3,(H,16,18,19). The summed E-state index contributed by atoms with van der Waals surface area (Å²) < 4.78 is 10.2. The van der Waals surface area contributed by atoms with Crippen LogP contribution in [0.2, 0.25) is 0 Å². The van der Waals surface area contributed by atoms with Crippen molar-refractivity contribution in [3.05, 3.63) is 34.8 Å². The number of hydrogen-bond acceptors (Lipinski definition) is 6. The summed E-state index contributed by atoms with van der Waals surface area (Å²) in [4.78, 5) is 11.5. The van der Waals surface area contributed by atoms with E-state index in [0.29, 0.717) is 11.7 Å². The van der Waals surface area contributed by atoms with Crippen LogP contribution in [-0.2, 0) is 22.4 Å². The zero-order valence-corrected chi connectivity index (χ0v) is 13.5. The number of carbonyl (C=O) groups excluding carboxylic acids is 1. The largest absolute Gasteiger partial charge is 0.497 e. The number of rotatable bonds is 8. The first-order valence-electron chi connectivity index (χ1n) is 7.04. The van der Waals surface area contributed by atoms with E-state index >= 15 is 0 Å². The molecule has 118 valence electrons. The van der Waals surface area contributed by atoms with E-state index in [2.05, 4.69) is 15.5 Å². The van der Waals surface area contributed by atoms with Crippen molar-refractivity contribution in [1.82, 2.24) is 10.2 Å². The number of amides is 1.